The van der Waals surface area contributed by atoms with E-state index in [2.05, 4.69) is 0 Å². The first kappa shape index (κ1) is 10.1. The van der Waals surface area contributed by atoms with Crippen molar-refractivity contribution in [2.24, 2.45) is 0 Å². The van der Waals surface area contributed by atoms with Crippen LogP contribution in [0, 0.1) is 0 Å². The topological polar surface area (TPSA) is 40.1 Å². The third-order valence-corrected chi connectivity index (χ3v) is 2.98. The van der Waals surface area contributed by atoms with Gasteiger partial charge in [0.2, 0.25) is 5.75 Å². The Balaban J connectivity index is 3.60. The molecule has 6 heteroatoms. The normalized spacial score (nSPS) is 10.3. The molecule has 0 aliphatic heterocycles. The summed E-state index contributed by atoms with van der Waals surface area (Å²) in [7, 11) is 0. The van der Waals surface area contributed by atoms with Crippen LogP contribution in [0.25, 0.3) is 0 Å². The van der Waals surface area contributed by atoms with E-state index in [1.54, 1.807) is 0 Å². The molecule has 1 aromatic rings. The smallest absolute Gasteiger partial charge is 0.241 e. The minimum Gasteiger partial charge on any atom is -0.503 e. The summed E-state index contributed by atoms with van der Waals surface area (Å²) in [6, 6.07) is 0. The number of hydrogen-bond donors (Lipinski definition) is 1. The molecule has 0 heterocycles. The van der Waals surface area contributed by atoms with E-state index in [-0.39, 0.29) is 20.1 Å². The van der Waals surface area contributed by atoms with Gasteiger partial charge in [-0.25, -0.2) is 0 Å². The van der Waals surface area contributed by atoms with Crippen LogP contribution in [-0.4, -0.2) is 5.11 Å². The number of phenolic OH excluding ortho intramolecular Hbond substituents is 1. The lowest BCUT2D eigenvalue weighted by Crippen LogP contribution is -1.77. The average Bonchev–Trinajstić information content (AvgIpc) is 2.08. The molecular weight excluding hydrogens is 246 g/mol. The van der Waals surface area contributed by atoms with Gasteiger partial charge in [0.25, 0.3) is 0 Å². The molecule has 1 N–H and O–H groups in total. The van der Waals surface area contributed by atoms with Crippen molar-refractivity contribution < 1.29 is 10.2 Å². The SMILES string of the molecule is [O]c1c(O)c(Cl)c(Cl)c(Cl)c1Cl. The van der Waals surface area contributed by atoms with Crippen molar-refractivity contribution >= 4 is 46.4 Å². The second-order valence-electron chi connectivity index (χ2n) is 1.93. The summed E-state index contributed by atoms with van der Waals surface area (Å²) < 4.78 is 0. The fourth-order valence-electron chi connectivity index (χ4n) is 0.600. The van der Waals surface area contributed by atoms with Crippen LogP contribution in [0.2, 0.25) is 20.1 Å². The molecule has 1 radical (unpaired) electrons. The Hall–Kier alpha value is -0.0200. The fraction of sp³-hybridized carbons (Fsp3) is 0. The van der Waals surface area contributed by atoms with E-state index in [0.717, 1.165) is 0 Å². The van der Waals surface area contributed by atoms with E-state index >= 15 is 0 Å². The van der Waals surface area contributed by atoms with Crippen LogP contribution in [0.4, 0.5) is 0 Å². The van der Waals surface area contributed by atoms with E-state index < -0.39 is 11.5 Å². The molecule has 0 aliphatic rings. The molecule has 0 fully saturated rings. The molecule has 65 valence electrons. The Labute approximate surface area is 88.2 Å². The molecule has 0 bridgehead atoms. The van der Waals surface area contributed by atoms with Crippen molar-refractivity contribution in [2.75, 3.05) is 0 Å². The number of benzene rings is 1. The maximum atomic E-state index is 11.0. The van der Waals surface area contributed by atoms with Gasteiger partial charge in [0.15, 0.2) is 5.75 Å². The van der Waals surface area contributed by atoms with Crippen molar-refractivity contribution in [3.8, 4) is 11.5 Å². The standard InChI is InChI=1S/C6HCl4O2/c7-1-2(8)4(10)6(12)5(11)3(1)9/h11H. The largest absolute Gasteiger partial charge is 0.503 e. The summed E-state index contributed by atoms with van der Waals surface area (Å²) in [6.45, 7) is 0. The molecule has 1 rings (SSSR count). The highest BCUT2D eigenvalue weighted by Crippen LogP contribution is 2.49. The molecular formula is C6HCl4O2. The van der Waals surface area contributed by atoms with Crippen LogP contribution >= 0.6 is 46.4 Å². The molecule has 0 atom stereocenters. The average molecular weight is 247 g/mol. The summed E-state index contributed by atoms with van der Waals surface area (Å²) >= 11 is 21.9. The molecule has 0 amide bonds. The molecule has 0 spiro atoms. The Kier molecular flexibility index (Phi) is 2.84. The van der Waals surface area contributed by atoms with E-state index in [1.807, 2.05) is 0 Å². The van der Waals surface area contributed by atoms with E-state index in [1.165, 1.54) is 0 Å². The quantitative estimate of drug-likeness (QED) is 0.542. The van der Waals surface area contributed by atoms with Gasteiger partial charge in [-0.15, -0.1) is 0 Å². The van der Waals surface area contributed by atoms with Gasteiger partial charge < -0.3 is 5.11 Å². The predicted molar refractivity (Wildman–Crippen MR) is 48.3 cm³/mol. The molecule has 2 nitrogen and oxygen atoms in total. The Morgan fingerprint density at radius 3 is 1.75 bits per heavy atom. The van der Waals surface area contributed by atoms with Crippen LogP contribution in [-0.2, 0) is 5.11 Å². The van der Waals surface area contributed by atoms with Crippen molar-refractivity contribution in [1.82, 2.24) is 0 Å². The van der Waals surface area contributed by atoms with Gasteiger partial charge >= 0.3 is 0 Å². The Bertz CT molecular complexity index is 232. The van der Waals surface area contributed by atoms with Gasteiger partial charge in [0.05, 0.1) is 10.0 Å². The number of rotatable bonds is 0. The maximum Gasteiger partial charge on any atom is 0.241 e. The monoisotopic (exact) mass is 245 g/mol. The first-order valence-electron chi connectivity index (χ1n) is 2.68. The van der Waals surface area contributed by atoms with Crippen LogP contribution in [0.1, 0.15) is 0 Å². The highest BCUT2D eigenvalue weighted by atomic mass is 35.5. The number of halogens is 4. The predicted octanol–water partition coefficient (Wildman–Crippen LogP) is 4.15. The summed E-state index contributed by atoms with van der Waals surface area (Å²) in [4.78, 5) is 0. The Morgan fingerprint density at radius 1 is 0.833 bits per heavy atom. The van der Waals surface area contributed by atoms with Gasteiger partial charge in [-0.1, -0.05) is 46.4 Å². The zero-order chi connectivity index (χ0) is 9.46. The highest BCUT2D eigenvalue weighted by molar-refractivity contribution is 6.52. The first-order chi connectivity index (χ1) is 5.46. The van der Waals surface area contributed by atoms with Crippen LogP contribution in [0.3, 0.4) is 0 Å². The third kappa shape index (κ3) is 1.40. The number of hydrogen-bond acceptors (Lipinski definition) is 1. The van der Waals surface area contributed by atoms with Crippen LogP contribution < -0.4 is 0 Å². The molecule has 1 aromatic carbocycles. The lowest BCUT2D eigenvalue weighted by Gasteiger charge is -2.04. The summed E-state index contributed by atoms with van der Waals surface area (Å²) in [6.07, 6.45) is 0. The van der Waals surface area contributed by atoms with Gasteiger partial charge in [0.1, 0.15) is 10.0 Å². The number of phenols is 1. The molecule has 0 saturated carbocycles. The van der Waals surface area contributed by atoms with Crippen molar-refractivity contribution in [3.63, 3.8) is 0 Å². The van der Waals surface area contributed by atoms with Crippen molar-refractivity contribution in [1.29, 1.82) is 0 Å². The van der Waals surface area contributed by atoms with Crippen molar-refractivity contribution in [2.45, 2.75) is 0 Å². The zero-order valence-corrected chi connectivity index (χ0v) is 8.39. The summed E-state index contributed by atoms with van der Waals surface area (Å²) in [5, 5.41) is 19.1. The maximum absolute atomic E-state index is 11.0. The van der Waals surface area contributed by atoms with E-state index in [9.17, 15) is 5.11 Å². The lowest BCUT2D eigenvalue weighted by atomic mass is 10.3. The Morgan fingerprint density at radius 2 is 1.25 bits per heavy atom. The van der Waals surface area contributed by atoms with Crippen LogP contribution in [0.5, 0.6) is 11.5 Å². The molecule has 12 heavy (non-hydrogen) atoms. The minimum absolute atomic E-state index is 0.125. The van der Waals surface area contributed by atoms with Crippen LogP contribution in [0.15, 0.2) is 0 Å². The third-order valence-electron chi connectivity index (χ3n) is 1.20. The van der Waals surface area contributed by atoms with E-state index in [0.29, 0.717) is 0 Å². The molecule has 0 unspecified atom stereocenters. The fourth-order valence-corrected chi connectivity index (χ4v) is 1.43. The van der Waals surface area contributed by atoms with Crippen molar-refractivity contribution in [3.05, 3.63) is 20.1 Å². The van der Waals surface area contributed by atoms with Gasteiger partial charge in [-0.2, -0.15) is 0 Å². The molecule has 0 saturated heterocycles. The lowest BCUT2D eigenvalue weighted by molar-refractivity contribution is 0.325. The molecule has 0 aliphatic carbocycles. The summed E-state index contributed by atoms with van der Waals surface area (Å²) in [5.74, 6) is -1.51. The van der Waals surface area contributed by atoms with E-state index in [4.69, 9.17) is 51.5 Å². The van der Waals surface area contributed by atoms with Gasteiger partial charge in [0, 0.05) is 0 Å². The first-order valence-corrected chi connectivity index (χ1v) is 4.20. The highest BCUT2D eigenvalue weighted by Gasteiger charge is 2.20. The van der Waals surface area contributed by atoms with Gasteiger partial charge in [-0.3, -0.25) is 5.11 Å². The molecule has 0 aromatic heterocycles. The summed E-state index contributed by atoms with van der Waals surface area (Å²) in [5.41, 5.74) is 0. The van der Waals surface area contributed by atoms with Gasteiger partial charge in [-0.05, 0) is 0 Å². The second-order valence-corrected chi connectivity index (χ2v) is 3.45. The minimum atomic E-state index is -0.823. The number of aromatic hydroxyl groups is 1. The second kappa shape index (κ2) is 3.38. The zero-order valence-electron chi connectivity index (χ0n) is 5.37.